The highest BCUT2D eigenvalue weighted by molar-refractivity contribution is 5.78. The summed E-state index contributed by atoms with van der Waals surface area (Å²) in [5.74, 6) is -0.436. The van der Waals surface area contributed by atoms with Crippen molar-refractivity contribution in [3.8, 4) is 0 Å². The Kier molecular flexibility index (Phi) is 4.12. The number of nitrogens with one attached hydrogen (secondary N) is 2. The fourth-order valence-electron chi connectivity index (χ4n) is 1.66. The normalized spacial score (nSPS) is 20.5. The van der Waals surface area contributed by atoms with Crippen molar-refractivity contribution in [2.24, 2.45) is 5.73 Å². The van der Waals surface area contributed by atoms with E-state index in [4.69, 9.17) is 10.5 Å². The van der Waals surface area contributed by atoms with Crippen LogP contribution in [-0.2, 0) is 9.53 Å². The van der Waals surface area contributed by atoms with E-state index in [1.807, 2.05) is 0 Å². The molecule has 0 spiro atoms. The molecular formula is C10H19N3O3. The molecule has 0 bridgehead atoms. The molecule has 6 heteroatoms. The minimum Gasteiger partial charge on any atom is -0.379 e. The van der Waals surface area contributed by atoms with Gasteiger partial charge in [-0.2, -0.15) is 0 Å². The van der Waals surface area contributed by atoms with E-state index in [0.717, 1.165) is 6.42 Å². The fourth-order valence-corrected chi connectivity index (χ4v) is 1.66. The topological polar surface area (TPSA) is 93.5 Å². The molecule has 4 N–H and O–H groups in total. The Morgan fingerprint density at radius 3 is 2.69 bits per heavy atom. The molecule has 1 aliphatic rings. The second-order valence-electron chi connectivity index (χ2n) is 4.69. The largest absolute Gasteiger partial charge is 0.379 e. The van der Waals surface area contributed by atoms with Crippen LogP contribution in [0.15, 0.2) is 0 Å². The average molecular weight is 229 g/mol. The predicted octanol–water partition coefficient (Wildman–Crippen LogP) is -0.271. The summed E-state index contributed by atoms with van der Waals surface area (Å²) >= 11 is 0. The number of hydrogen-bond donors (Lipinski definition) is 3. The Morgan fingerprint density at radius 2 is 2.19 bits per heavy atom. The van der Waals surface area contributed by atoms with Gasteiger partial charge < -0.3 is 21.1 Å². The van der Waals surface area contributed by atoms with Crippen LogP contribution < -0.4 is 16.4 Å². The minimum absolute atomic E-state index is 0.0596. The van der Waals surface area contributed by atoms with Gasteiger partial charge in [0.1, 0.15) is 0 Å². The standard InChI is InChI=1S/C10H19N3O3/c1-10(2,5-8(11)14)13-9(15)12-7-3-4-16-6-7/h7H,3-6H2,1-2H3,(H2,11,14)(H2,12,13,15). The molecule has 1 aliphatic heterocycles. The zero-order chi connectivity index (χ0) is 12.2. The highest BCUT2D eigenvalue weighted by atomic mass is 16.5. The molecule has 0 aliphatic carbocycles. The summed E-state index contributed by atoms with van der Waals surface area (Å²) in [4.78, 5) is 22.3. The summed E-state index contributed by atoms with van der Waals surface area (Å²) < 4.78 is 5.14. The molecule has 1 unspecified atom stereocenters. The second-order valence-corrected chi connectivity index (χ2v) is 4.69. The maximum atomic E-state index is 11.6. The van der Waals surface area contributed by atoms with E-state index >= 15 is 0 Å². The Balaban J connectivity index is 2.34. The molecule has 0 aromatic heterocycles. The van der Waals surface area contributed by atoms with Crippen LogP contribution in [-0.4, -0.2) is 36.7 Å². The number of rotatable bonds is 4. The maximum absolute atomic E-state index is 11.6. The van der Waals surface area contributed by atoms with Gasteiger partial charge >= 0.3 is 6.03 Å². The molecule has 6 nitrogen and oxygen atoms in total. The van der Waals surface area contributed by atoms with Gasteiger partial charge in [0.25, 0.3) is 0 Å². The van der Waals surface area contributed by atoms with E-state index in [2.05, 4.69) is 10.6 Å². The lowest BCUT2D eigenvalue weighted by Gasteiger charge is -2.25. The van der Waals surface area contributed by atoms with Crippen molar-refractivity contribution in [1.29, 1.82) is 0 Å². The number of primary amides is 1. The first-order chi connectivity index (χ1) is 7.39. The Morgan fingerprint density at radius 1 is 1.50 bits per heavy atom. The van der Waals surface area contributed by atoms with Gasteiger partial charge in [-0.1, -0.05) is 0 Å². The minimum atomic E-state index is -0.630. The van der Waals surface area contributed by atoms with Crippen LogP contribution in [0.2, 0.25) is 0 Å². The van der Waals surface area contributed by atoms with Gasteiger partial charge in [0.2, 0.25) is 5.91 Å². The second kappa shape index (κ2) is 5.16. The van der Waals surface area contributed by atoms with Gasteiger partial charge in [-0.15, -0.1) is 0 Å². The van der Waals surface area contributed by atoms with E-state index in [9.17, 15) is 9.59 Å². The van der Waals surface area contributed by atoms with Crippen molar-refractivity contribution in [2.45, 2.75) is 38.3 Å². The number of carbonyl (C=O) groups excluding carboxylic acids is 2. The number of hydrogen-bond acceptors (Lipinski definition) is 3. The van der Waals surface area contributed by atoms with Crippen LogP contribution >= 0.6 is 0 Å². The number of urea groups is 1. The fraction of sp³-hybridized carbons (Fsp3) is 0.800. The third kappa shape index (κ3) is 4.48. The maximum Gasteiger partial charge on any atom is 0.315 e. The molecule has 1 atom stereocenters. The van der Waals surface area contributed by atoms with E-state index in [-0.39, 0.29) is 18.5 Å². The third-order valence-electron chi connectivity index (χ3n) is 2.33. The molecule has 0 radical (unpaired) electrons. The molecule has 1 fully saturated rings. The summed E-state index contributed by atoms with van der Waals surface area (Å²) in [6, 6.07) is -0.230. The van der Waals surface area contributed by atoms with Crippen molar-refractivity contribution in [3.05, 3.63) is 0 Å². The first kappa shape index (κ1) is 12.8. The molecular weight excluding hydrogens is 210 g/mol. The van der Waals surface area contributed by atoms with Gasteiger partial charge in [0.15, 0.2) is 0 Å². The van der Waals surface area contributed by atoms with Crippen molar-refractivity contribution >= 4 is 11.9 Å². The zero-order valence-corrected chi connectivity index (χ0v) is 9.71. The molecule has 1 saturated heterocycles. The smallest absolute Gasteiger partial charge is 0.315 e. The first-order valence-corrected chi connectivity index (χ1v) is 5.34. The lowest BCUT2D eigenvalue weighted by molar-refractivity contribution is -0.119. The number of nitrogens with two attached hydrogens (primary N) is 1. The third-order valence-corrected chi connectivity index (χ3v) is 2.33. The summed E-state index contributed by atoms with van der Waals surface area (Å²) in [6.07, 6.45) is 0.936. The molecule has 0 saturated carbocycles. The van der Waals surface area contributed by atoms with Gasteiger partial charge in [-0.25, -0.2) is 4.79 Å². The van der Waals surface area contributed by atoms with Crippen LogP contribution in [0.5, 0.6) is 0 Å². The number of amides is 3. The van der Waals surface area contributed by atoms with Crippen LogP contribution in [0.1, 0.15) is 26.7 Å². The Bertz CT molecular complexity index is 272. The zero-order valence-electron chi connectivity index (χ0n) is 9.71. The Hall–Kier alpha value is -1.30. The average Bonchev–Trinajstić information content (AvgIpc) is 2.51. The number of ether oxygens (including phenoxy) is 1. The van der Waals surface area contributed by atoms with Crippen LogP contribution in [0, 0.1) is 0 Å². The lowest BCUT2D eigenvalue weighted by Crippen LogP contribution is -2.52. The quantitative estimate of drug-likeness (QED) is 0.619. The van der Waals surface area contributed by atoms with E-state index in [1.165, 1.54) is 0 Å². The molecule has 16 heavy (non-hydrogen) atoms. The van der Waals surface area contributed by atoms with Crippen molar-refractivity contribution in [1.82, 2.24) is 10.6 Å². The monoisotopic (exact) mass is 229 g/mol. The van der Waals surface area contributed by atoms with Gasteiger partial charge in [-0.05, 0) is 20.3 Å². The molecule has 3 amide bonds. The molecule has 1 heterocycles. The van der Waals surface area contributed by atoms with Crippen molar-refractivity contribution in [3.63, 3.8) is 0 Å². The highest BCUT2D eigenvalue weighted by Gasteiger charge is 2.25. The SMILES string of the molecule is CC(C)(CC(N)=O)NC(=O)NC1CCOC1. The van der Waals surface area contributed by atoms with Crippen molar-refractivity contribution in [2.75, 3.05) is 13.2 Å². The molecule has 92 valence electrons. The number of carbonyl (C=O) groups is 2. The van der Waals surface area contributed by atoms with Gasteiger partial charge in [-0.3, -0.25) is 4.79 Å². The predicted molar refractivity (Wildman–Crippen MR) is 58.8 cm³/mol. The Labute approximate surface area is 94.9 Å². The summed E-state index contributed by atoms with van der Waals surface area (Å²) in [6.45, 7) is 4.73. The van der Waals surface area contributed by atoms with E-state index in [0.29, 0.717) is 13.2 Å². The summed E-state index contributed by atoms with van der Waals surface area (Å²) in [5.41, 5.74) is 4.46. The lowest BCUT2D eigenvalue weighted by atomic mass is 10.0. The highest BCUT2D eigenvalue weighted by Crippen LogP contribution is 2.08. The van der Waals surface area contributed by atoms with Crippen LogP contribution in [0.25, 0.3) is 0 Å². The van der Waals surface area contributed by atoms with Crippen molar-refractivity contribution < 1.29 is 14.3 Å². The molecule has 1 rings (SSSR count). The summed E-state index contributed by atoms with van der Waals surface area (Å²) in [5, 5.41) is 5.49. The van der Waals surface area contributed by atoms with Crippen LogP contribution in [0.3, 0.4) is 0 Å². The van der Waals surface area contributed by atoms with E-state index in [1.54, 1.807) is 13.8 Å². The van der Waals surface area contributed by atoms with Gasteiger partial charge in [0.05, 0.1) is 12.6 Å². The summed E-state index contributed by atoms with van der Waals surface area (Å²) in [7, 11) is 0. The first-order valence-electron chi connectivity index (χ1n) is 5.34. The van der Waals surface area contributed by atoms with E-state index < -0.39 is 11.4 Å². The molecule has 0 aromatic carbocycles. The molecule has 0 aromatic rings. The van der Waals surface area contributed by atoms with Crippen LogP contribution in [0.4, 0.5) is 4.79 Å². The van der Waals surface area contributed by atoms with Gasteiger partial charge in [0, 0.05) is 18.6 Å².